The monoisotopic (exact) mass is 415 g/mol. The van der Waals surface area contributed by atoms with E-state index in [1.165, 1.54) is 0 Å². The van der Waals surface area contributed by atoms with Crippen molar-refractivity contribution in [1.82, 2.24) is 29.3 Å². The Kier molecular flexibility index (Phi) is 6.28. The van der Waals surface area contributed by atoms with E-state index in [-0.39, 0.29) is 6.04 Å². The predicted octanol–water partition coefficient (Wildman–Crippen LogP) is 2.09. The fourth-order valence-corrected chi connectivity index (χ4v) is 3.03. The van der Waals surface area contributed by atoms with Gasteiger partial charge in [-0.3, -0.25) is 9.48 Å². The number of halogens is 1. The largest absolute Gasteiger partial charge is 0.366 e. The molecule has 4 rings (SSSR count). The average Bonchev–Trinajstić information content (AvgIpc) is 3.42. The van der Waals surface area contributed by atoms with Crippen molar-refractivity contribution < 1.29 is 9.18 Å². The van der Waals surface area contributed by atoms with Crippen LogP contribution in [-0.2, 0) is 11.8 Å². The number of primary amides is 1. The van der Waals surface area contributed by atoms with E-state index in [9.17, 15) is 9.18 Å². The van der Waals surface area contributed by atoms with Crippen molar-refractivity contribution in [1.29, 1.82) is 0 Å². The van der Waals surface area contributed by atoms with Crippen molar-refractivity contribution >= 4 is 34.5 Å². The van der Waals surface area contributed by atoms with Crippen molar-refractivity contribution in [3.63, 3.8) is 0 Å². The molecule has 0 radical (unpaired) electrons. The van der Waals surface area contributed by atoms with Crippen LogP contribution in [0.2, 0.25) is 0 Å². The van der Waals surface area contributed by atoms with Gasteiger partial charge in [-0.15, -0.1) is 0 Å². The third kappa shape index (κ3) is 4.73. The smallest absolute Gasteiger partial charge is 0.240 e. The van der Waals surface area contributed by atoms with E-state index < -0.39 is 12.1 Å². The number of amides is 1. The number of alkyl halides is 1. The summed E-state index contributed by atoms with van der Waals surface area (Å²) >= 11 is 0. The first-order valence-corrected chi connectivity index (χ1v) is 9.59. The number of hydrogen-bond acceptors (Lipinski definition) is 7. The van der Waals surface area contributed by atoms with Crippen LogP contribution in [0, 0.1) is 0 Å². The predicted molar refractivity (Wildman–Crippen MR) is 113 cm³/mol. The molecule has 0 spiro atoms. The highest BCUT2D eigenvalue weighted by molar-refractivity contribution is 5.86. The minimum Gasteiger partial charge on any atom is -0.366 e. The molecule has 30 heavy (non-hydrogen) atoms. The quantitative estimate of drug-likeness (QED) is 0.612. The van der Waals surface area contributed by atoms with Gasteiger partial charge in [-0.25, -0.2) is 9.37 Å². The molecule has 3 aromatic rings. The number of fused-ring (bicyclic) bond motifs is 1. The van der Waals surface area contributed by atoms with E-state index in [1.807, 2.05) is 22.7 Å². The molecule has 0 aromatic carbocycles. The van der Waals surface area contributed by atoms with E-state index in [4.69, 9.17) is 0 Å². The van der Waals surface area contributed by atoms with Gasteiger partial charge < -0.3 is 20.5 Å². The van der Waals surface area contributed by atoms with Gasteiger partial charge in [0.2, 0.25) is 11.9 Å². The van der Waals surface area contributed by atoms with Crippen molar-refractivity contribution in [2.24, 2.45) is 12.8 Å². The van der Waals surface area contributed by atoms with Crippen molar-refractivity contribution in [2.45, 2.75) is 32.5 Å². The van der Waals surface area contributed by atoms with Gasteiger partial charge in [-0.05, 0) is 26.3 Å². The second-order valence-corrected chi connectivity index (χ2v) is 7.26. The molecule has 160 valence electrons. The number of carbonyl (C=O) groups excluding carboxylic acids is 1. The van der Waals surface area contributed by atoms with E-state index in [0.717, 1.165) is 17.4 Å². The summed E-state index contributed by atoms with van der Waals surface area (Å²) in [6, 6.07) is 0.214. The molecule has 3 aromatic heterocycles. The summed E-state index contributed by atoms with van der Waals surface area (Å²) in [7, 11) is 1.85. The number of aryl methyl sites for hydroxylation is 1. The Bertz CT molecular complexity index is 1040. The molecule has 0 bridgehead atoms. The Morgan fingerprint density at radius 3 is 2.70 bits per heavy atom. The van der Waals surface area contributed by atoms with E-state index >= 15 is 0 Å². The lowest BCUT2D eigenvalue weighted by Gasteiger charge is -2.17. The lowest BCUT2D eigenvalue weighted by molar-refractivity contribution is -0.113. The van der Waals surface area contributed by atoms with Gasteiger partial charge in [0.1, 0.15) is 6.17 Å². The molecule has 1 saturated heterocycles. The zero-order chi connectivity index (χ0) is 21.8. The third-order valence-corrected chi connectivity index (χ3v) is 4.55. The summed E-state index contributed by atoms with van der Waals surface area (Å²) in [5, 5.41) is 7.43. The zero-order valence-electron chi connectivity index (χ0n) is 17.3. The van der Waals surface area contributed by atoms with Crippen molar-refractivity contribution in [3.05, 3.63) is 31.4 Å². The first kappa shape index (κ1) is 21.2. The number of hydrogen-bond donors (Lipinski definition) is 2. The maximum absolute atomic E-state index is 13.6. The maximum atomic E-state index is 13.6. The normalized spacial score (nSPS) is 15.9. The van der Waals surface area contributed by atoms with Crippen LogP contribution < -0.4 is 16.0 Å². The molecule has 1 fully saturated rings. The Labute approximate surface area is 173 Å². The molecule has 0 aliphatic carbocycles. The number of anilines is 3. The number of rotatable bonds is 5. The molecule has 3 N–H and O–H groups in total. The zero-order valence-corrected chi connectivity index (χ0v) is 17.3. The summed E-state index contributed by atoms with van der Waals surface area (Å²) in [5.74, 6) is 0.654. The molecule has 1 aliphatic rings. The van der Waals surface area contributed by atoms with Gasteiger partial charge in [0.15, 0.2) is 17.0 Å². The van der Waals surface area contributed by atoms with E-state index in [0.29, 0.717) is 36.8 Å². The second kappa shape index (κ2) is 8.89. The third-order valence-electron chi connectivity index (χ3n) is 4.55. The van der Waals surface area contributed by atoms with Crippen LogP contribution in [0.25, 0.3) is 11.2 Å². The van der Waals surface area contributed by atoms with Gasteiger partial charge in [-0.1, -0.05) is 6.58 Å². The van der Waals surface area contributed by atoms with Crippen LogP contribution >= 0.6 is 0 Å². The highest BCUT2D eigenvalue weighted by atomic mass is 19.1. The van der Waals surface area contributed by atoms with Crippen LogP contribution in [0.5, 0.6) is 0 Å². The summed E-state index contributed by atoms with van der Waals surface area (Å²) in [6.45, 7) is 8.18. The first-order valence-electron chi connectivity index (χ1n) is 9.59. The number of nitrogens with zero attached hydrogens (tertiary/aromatic N) is 7. The van der Waals surface area contributed by atoms with E-state index in [2.05, 4.69) is 51.5 Å². The topological polar surface area (TPSA) is 120 Å². The van der Waals surface area contributed by atoms with Gasteiger partial charge in [0.25, 0.3) is 0 Å². The highest BCUT2D eigenvalue weighted by Gasteiger charge is 2.26. The molecule has 1 unspecified atom stereocenters. The number of aromatic nitrogens is 6. The van der Waals surface area contributed by atoms with Crippen LogP contribution in [-0.4, -0.2) is 54.5 Å². The van der Waals surface area contributed by atoms with Gasteiger partial charge in [0, 0.05) is 25.8 Å². The Morgan fingerprint density at radius 1 is 1.43 bits per heavy atom. The summed E-state index contributed by atoms with van der Waals surface area (Å²) in [4.78, 5) is 25.1. The number of carbonyl (C=O) groups is 1. The molecule has 1 atom stereocenters. The maximum Gasteiger partial charge on any atom is 0.240 e. The molecule has 1 aliphatic heterocycles. The number of nitrogens with one attached hydrogen (secondary N) is 1. The fraction of sp³-hybridized carbons (Fsp3) is 0.421. The first-order chi connectivity index (χ1) is 14.3. The second-order valence-electron chi connectivity index (χ2n) is 7.26. The van der Waals surface area contributed by atoms with Gasteiger partial charge in [0.05, 0.1) is 24.8 Å². The minimum atomic E-state index is -0.830. The van der Waals surface area contributed by atoms with E-state index in [1.54, 1.807) is 17.2 Å². The van der Waals surface area contributed by atoms with Crippen molar-refractivity contribution in [2.75, 3.05) is 23.3 Å². The molecule has 4 heterocycles. The molecule has 11 heteroatoms. The molecule has 10 nitrogen and oxygen atoms in total. The molecular weight excluding hydrogens is 389 g/mol. The lowest BCUT2D eigenvalue weighted by Crippen LogP contribution is -2.23. The highest BCUT2D eigenvalue weighted by Crippen LogP contribution is 2.28. The average molecular weight is 415 g/mol. The SMILES string of the molecule is C=CC(N)=O.CC(C)n1cnc2c(Nc3cnn(C)c3)nc(N3CCC(F)C3)nc21. The minimum absolute atomic E-state index is 0.214. The summed E-state index contributed by atoms with van der Waals surface area (Å²) in [6.07, 6.45) is 6.09. The Morgan fingerprint density at radius 2 is 2.17 bits per heavy atom. The summed E-state index contributed by atoms with van der Waals surface area (Å²) < 4.78 is 17.3. The molecular formula is C19H26FN9O. The number of imidazole rings is 1. The van der Waals surface area contributed by atoms with Crippen LogP contribution in [0.1, 0.15) is 26.3 Å². The van der Waals surface area contributed by atoms with Crippen LogP contribution in [0.15, 0.2) is 31.4 Å². The van der Waals surface area contributed by atoms with Crippen LogP contribution in [0.3, 0.4) is 0 Å². The van der Waals surface area contributed by atoms with Gasteiger partial charge >= 0.3 is 0 Å². The summed E-state index contributed by atoms with van der Waals surface area (Å²) in [5.41, 5.74) is 6.79. The molecule has 0 saturated carbocycles. The van der Waals surface area contributed by atoms with Gasteiger partial charge in [-0.2, -0.15) is 15.1 Å². The fourth-order valence-electron chi connectivity index (χ4n) is 3.03. The Hall–Kier alpha value is -3.50. The number of nitrogens with two attached hydrogens (primary N) is 1. The Balaban J connectivity index is 0.000000461. The van der Waals surface area contributed by atoms with Crippen molar-refractivity contribution in [3.8, 4) is 0 Å². The standard InChI is InChI=1S/C16H21FN8.C3H5NO/c1-10(2)25-9-18-13-14(20-12-6-19-23(3)8-12)21-16(22-15(13)25)24-5-4-11(17)7-24;1-2-3(4)5/h6,8-11H,4-5,7H2,1-3H3,(H,20,21,22);2H,1H2,(H2,4,5). The lowest BCUT2D eigenvalue weighted by atomic mass is 10.3. The van der Waals surface area contributed by atoms with Crippen LogP contribution in [0.4, 0.5) is 21.8 Å². The molecule has 1 amide bonds.